The van der Waals surface area contributed by atoms with Gasteiger partial charge in [-0.05, 0) is 26.0 Å². The first-order chi connectivity index (χ1) is 10.6. The van der Waals surface area contributed by atoms with Crippen molar-refractivity contribution < 1.29 is 4.79 Å². The second kappa shape index (κ2) is 5.97. The molecule has 3 nitrogen and oxygen atoms in total. The molecule has 3 aromatic rings. The number of carbonyl (C=O) groups is 1. The Kier molecular flexibility index (Phi) is 4.03. The van der Waals surface area contributed by atoms with Crippen LogP contribution in [0.5, 0.6) is 0 Å². The average Bonchev–Trinajstić information content (AvgIpc) is 2.84. The van der Waals surface area contributed by atoms with Crippen LogP contribution in [0.1, 0.15) is 22.8 Å². The van der Waals surface area contributed by atoms with E-state index in [9.17, 15) is 4.79 Å². The molecule has 3 rings (SSSR count). The molecule has 112 valence electrons. The van der Waals surface area contributed by atoms with Crippen molar-refractivity contribution in [1.29, 1.82) is 0 Å². The van der Waals surface area contributed by atoms with Crippen molar-refractivity contribution in [2.24, 2.45) is 7.05 Å². The molecule has 2 aromatic carbocycles. The van der Waals surface area contributed by atoms with Crippen LogP contribution in [-0.4, -0.2) is 20.6 Å². The molecule has 1 unspecified atom stereocenters. The summed E-state index contributed by atoms with van der Waals surface area (Å²) in [7, 11) is 1.99. The Hall–Kier alpha value is -2.07. The lowest BCUT2D eigenvalue weighted by atomic mass is 10.1. The van der Waals surface area contributed by atoms with Gasteiger partial charge < -0.3 is 4.57 Å². The lowest BCUT2D eigenvalue weighted by Crippen LogP contribution is -2.14. The molecule has 1 heterocycles. The molecule has 22 heavy (non-hydrogen) atoms. The summed E-state index contributed by atoms with van der Waals surface area (Å²) in [5, 5.41) is 0.701. The number of nitrogens with zero attached hydrogens (tertiary/aromatic N) is 2. The van der Waals surface area contributed by atoms with Gasteiger partial charge in [0.1, 0.15) is 0 Å². The van der Waals surface area contributed by atoms with E-state index in [0.717, 1.165) is 27.3 Å². The minimum absolute atomic E-state index is 0.136. The molecular weight excluding hydrogens is 292 g/mol. The summed E-state index contributed by atoms with van der Waals surface area (Å²) >= 11 is 1.51. The molecule has 0 radical (unpaired) electrons. The molecule has 0 N–H and O–H groups in total. The number of aromatic nitrogens is 2. The quantitative estimate of drug-likeness (QED) is 0.534. The van der Waals surface area contributed by atoms with Gasteiger partial charge in [0.05, 0.1) is 16.3 Å². The zero-order chi connectivity index (χ0) is 15.7. The van der Waals surface area contributed by atoms with E-state index in [1.165, 1.54) is 11.8 Å². The van der Waals surface area contributed by atoms with Gasteiger partial charge in [0.15, 0.2) is 10.9 Å². The summed E-state index contributed by atoms with van der Waals surface area (Å²) < 4.78 is 2.04. The highest BCUT2D eigenvalue weighted by atomic mass is 32.2. The van der Waals surface area contributed by atoms with Crippen LogP contribution in [-0.2, 0) is 7.05 Å². The minimum Gasteiger partial charge on any atom is -0.322 e. The number of ketones is 1. The van der Waals surface area contributed by atoms with E-state index < -0.39 is 0 Å². The van der Waals surface area contributed by atoms with Gasteiger partial charge in [-0.2, -0.15) is 0 Å². The van der Waals surface area contributed by atoms with E-state index in [0.29, 0.717) is 0 Å². The predicted molar refractivity (Wildman–Crippen MR) is 91.5 cm³/mol. The summed E-state index contributed by atoms with van der Waals surface area (Å²) in [6, 6.07) is 15.7. The van der Waals surface area contributed by atoms with E-state index in [1.807, 2.05) is 74.0 Å². The number of para-hydroxylation sites is 2. The molecule has 1 atom stereocenters. The Labute approximate surface area is 134 Å². The highest BCUT2D eigenvalue weighted by Crippen LogP contribution is 2.27. The first kappa shape index (κ1) is 14.9. The number of fused-ring (bicyclic) bond motifs is 1. The van der Waals surface area contributed by atoms with E-state index in [-0.39, 0.29) is 11.0 Å². The van der Waals surface area contributed by atoms with E-state index in [1.54, 1.807) is 0 Å². The van der Waals surface area contributed by atoms with Gasteiger partial charge in [0.2, 0.25) is 0 Å². The monoisotopic (exact) mass is 310 g/mol. The van der Waals surface area contributed by atoms with E-state index in [2.05, 4.69) is 4.98 Å². The SMILES string of the molecule is Cc1ccc(C(=O)C(C)Sc2nc3ccccc3n2C)cc1. The van der Waals surface area contributed by atoms with Gasteiger partial charge in [-0.15, -0.1) is 0 Å². The highest BCUT2D eigenvalue weighted by molar-refractivity contribution is 8.00. The van der Waals surface area contributed by atoms with Gasteiger partial charge in [0, 0.05) is 12.6 Å². The van der Waals surface area contributed by atoms with Crippen LogP contribution in [0.3, 0.4) is 0 Å². The van der Waals surface area contributed by atoms with Crippen LogP contribution in [0.2, 0.25) is 0 Å². The van der Waals surface area contributed by atoms with E-state index >= 15 is 0 Å². The summed E-state index contributed by atoms with van der Waals surface area (Å²) in [5.74, 6) is 0.136. The van der Waals surface area contributed by atoms with Gasteiger partial charge in [-0.1, -0.05) is 53.7 Å². The third-order valence-electron chi connectivity index (χ3n) is 3.73. The summed E-state index contributed by atoms with van der Waals surface area (Å²) in [5.41, 5.74) is 3.96. The first-order valence-corrected chi connectivity index (χ1v) is 8.13. The summed E-state index contributed by atoms with van der Waals surface area (Å²) in [4.78, 5) is 17.1. The van der Waals surface area contributed by atoms with Crippen molar-refractivity contribution in [3.05, 3.63) is 59.7 Å². The van der Waals surface area contributed by atoms with Gasteiger partial charge >= 0.3 is 0 Å². The molecule has 1 aromatic heterocycles. The number of thioether (sulfide) groups is 1. The average molecular weight is 310 g/mol. The van der Waals surface area contributed by atoms with Gasteiger partial charge in [-0.3, -0.25) is 4.79 Å². The van der Waals surface area contributed by atoms with Crippen LogP contribution < -0.4 is 0 Å². The maximum Gasteiger partial charge on any atom is 0.175 e. The Balaban J connectivity index is 1.83. The van der Waals surface area contributed by atoms with Crippen LogP contribution in [0.4, 0.5) is 0 Å². The number of aryl methyl sites for hydroxylation is 2. The Morgan fingerprint density at radius 3 is 2.50 bits per heavy atom. The number of Topliss-reactive ketones (excluding diaryl/α,β-unsaturated/α-hetero) is 1. The van der Waals surface area contributed by atoms with Crippen molar-refractivity contribution in [3.63, 3.8) is 0 Å². The molecule has 0 saturated carbocycles. The lowest BCUT2D eigenvalue weighted by Gasteiger charge is -2.10. The first-order valence-electron chi connectivity index (χ1n) is 7.25. The molecule has 0 amide bonds. The number of carbonyl (C=O) groups excluding carboxylic acids is 1. The second-order valence-corrected chi connectivity index (χ2v) is 6.74. The molecule has 0 fully saturated rings. The third kappa shape index (κ3) is 2.79. The number of imidazole rings is 1. The number of benzene rings is 2. The zero-order valence-corrected chi connectivity index (χ0v) is 13.7. The largest absolute Gasteiger partial charge is 0.322 e. The Morgan fingerprint density at radius 2 is 1.82 bits per heavy atom. The standard InChI is InChI=1S/C18H18N2OS/c1-12-8-10-14(11-9-12)17(21)13(2)22-18-19-15-6-4-5-7-16(15)20(18)3/h4-11,13H,1-3H3. The van der Waals surface area contributed by atoms with E-state index in [4.69, 9.17) is 0 Å². The maximum absolute atomic E-state index is 12.5. The van der Waals surface area contributed by atoms with Crippen LogP contribution >= 0.6 is 11.8 Å². The van der Waals surface area contributed by atoms with Gasteiger partial charge in [-0.25, -0.2) is 4.98 Å². The fraction of sp³-hybridized carbons (Fsp3) is 0.222. The highest BCUT2D eigenvalue weighted by Gasteiger charge is 2.19. The molecule has 0 saturated heterocycles. The topological polar surface area (TPSA) is 34.9 Å². The molecule has 0 aliphatic rings. The third-order valence-corrected chi connectivity index (χ3v) is 4.88. The fourth-order valence-corrected chi connectivity index (χ4v) is 3.36. The molecule has 4 heteroatoms. The second-order valence-electron chi connectivity index (χ2n) is 5.43. The molecular formula is C18H18N2OS. The van der Waals surface area contributed by atoms with Crippen molar-refractivity contribution in [1.82, 2.24) is 9.55 Å². The van der Waals surface area contributed by atoms with Crippen LogP contribution in [0, 0.1) is 6.92 Å². The van der Waals surface area contributed by atoms with Gasteiger partial charge in [0.25, 0.3) is 0 Å². The minimum atomic E-state index is -0.168. The predicted octanol–water partition coefficient (Wildman–Crippen LogP) is 4.25. The normalized spacial score (nSPS) is 12.5. The van der Waals surface area contributed by atoms with Crippen LogP contribution in [0.15, 0.2) is 53.7 Å². The molecule has 0 bridgehead atoms. The summed E-state index contributed by atoms with van der Waals surface area (Å²) in [6.45, 7) is 3.96. The summed E-state index contributed by atoms with van der Waals surface area (Å²) in [6.07, 6.45) is 0. The number of hydrogen-bond acceptors (Lipinski definition) is 3. The number of rotatable bonds is 4. The number of hydrogen-bond donors (Lipinski definition) is 0. The van der Waals surface area contributed by atoms with Crippen molar-refractivity contribution >= 4 is 28.6 Å². The smallest absolute Gasteiger partial charge is 0.175 e. The fourth-order valence-electron chi connectivity index (χ4n) is 2.39. The van der Waals surface area contributed by atoms with Crippen molar-refractivity contribution in [2.75, 3.05) is 0 Å². The van der Waals surface area contributed by atoms with Crippen LogP contribution in [0.25, 0.3) is 11.0 Å². The van der Waals surface area contributed by atoms with Crippen molar-refractivity contribution in [3.8, 4) is 0 Å². The molecule has 0 aliphatic heterocycles. The zero-order valence-electron chi connectivity index (χ0n) is 12.9. The Bertz CT molecular complexity index is 821. The molecule has 0 aliphatic carbocycles. The van der Waals surface area contributed by atoms with Crippen molar-refractivity contribution in [2.45, 2.75) is 24.3 Å². The Morgan fingerprint density at radius 1 is 1.14 bits per heavy atom. The maximum atomic E-state index is 12.5. The molecule has 0 spiro atoms. The lowest BCUT2D eigenvalue weighted by molar-refractivity contribution is 0.0994.